The zero-order chi connectivity index (χ0) is 11.0. The van der Waals surface area contributed by atoms with Gasteiger partial charge in [-0.2, -0.15) is 8.42 Å². The van der Waals surface area contributed by atoms with Crippen LogP contribution in [0, 0.1) is 5.92 Å². The molecule has 0 saturated heterocycles. The Labute approximate surface area is 85.9 Å². The van der Waals surface area contributed by atoms with Crippen LogP contribution in [0.25, 0.3) is 0 Å². The van der Waals surface area contributed by atoms with E-state index in [4.69, 9.17) is 4.55 Å². The SMILES string of the molecule is C=CCCCC(CC)COS(=O)(=O)O. The first-order valence-electron chi connectivity index (χ1n) is 4.72. The third-order valence-electron chi connectivity index (χ3n) is 2.05. The Kier molecular flexibility index (Phi) is 6.78. The predicted octanol–water partition coefficient (Wildman–Crippen LogP) is 2.19. The standard InChI is InChI=1S/C9H18O4S/c1-3-5-6-7-9(4-2)8-13-14(10,11)12/h3,9H,1,4-8H2,2H3,(H,10,11,12). The van der Waals surface area contributed by atoms with Crippen LogP contribution in [0.3, 0.4) is 0 Å². The molecule has 4 nitrogen and oxygen atoms in total. The summed E-state index contributed by atoms with van der Waals surface area (Å²) in [5.41, 5.74) is 0. The third kappa shape index (κ3) is 8.22. The van der Waals surface area contributed by atoms with Crippen LogP contribution in [0.2, 0.25) is 0 Å². The average Bonchev–Trinajstić information content (AvgIpc) is 2.09. The van der Waals surface area contributed by atoms with Gasteiger partial charge in [0.15, 0.2) is 0 Å². The van der Waals surface area contributed by atoms with E-state index in [1.807, 2.05) is 13.0 Å². The highest BCUT2D eigenvalue weighted by atomic mass is 32.3. The molecule has 1 unspecified atom stereocenters. The van der Waals surface area contributed by atoms with Crippen LogP contribution in [0.1, 0.15) is 32.6 Å². The van der Waals surface area contributed by atoms with Crippen molar-refractivity contribution in [2.24, 2.45) is 5.92 Å². The summed E-state index contributed by atoms with van der Waals surface area (Å²) in [7, 11) is -4.28. The molecule has 0 radical (unpaired) electrons. The van der Waals surface area contributed by atoms with Crippen LogP contribution in [0.15, 0.2) is 12.7 Å². The van der Waals surface area contributed by atoms with Crippen molar-refractivity contribution >= 4 is 10.4 Å². The van der Waals surface area contributed by atoms with Crippen molar-refractivity contribution in [3.63, 3.8) is 0 Å². The van der Waals surface area contributed by atoms with E-state index in [0.717, 1.165) is 25.7 Å². The van der Waals surface area contributed by atoms with Crippen molar-refractivity contribution < 1.29 is 17.2 Å². The molecule has 0 heterocycles. The molecule has 0 aromatic rings. The summed E-state index contributed by atoms with van der Waals surface area (Å²) in [6, 6.07) is 0. The van der Waals surface area contributed by atoms with Gasteiger partial charge < -0.3 is 0 Å². The van der Waals surface area contributed by atoms with E-state index in [2.05, 4.69) is 10.8 Å². The zero-order valence-electron chi connectivity index (χ0n) is 8.48. The summed E-state index contributed by atoms with van der Waals surface area (Å²) in [6.45, 7) is 5.63. The second-order valence-corrected chi connectivity index (χ2v) is 4.30. The van der Waals surface area contributed by atoms with E-state index in [0.29, 0.717) is 0 Å². The van der Waals surface area contributed by atoms with Gasteiger partial charge in [-0.1, -0.05) is 19.4 Å². The van der Waals surface area contributed by atoms with Crippen LogP contribution in [0.5, 0.6) is 0 Å². The number of hydrogen-bond acceptors (Lipinski definition) is 3. The maximum atomic E-state index is 10.3. The summed E-state index contributed by atoms with van der Waals surface area (Å²) >= 11 is 0. The number of rotatable bonds is 8. The molecular weight excluding hydrogens is 204 g/mol. The van der Waals surface area contributed by atoms with Gasteiger partial charge >= 0.3 is 10.4 Å². The third-order valence-corrected chi connectivity index (χ3v) is 2.48. The maximum Gasteiger partial charge on any atom is 0.397 e. The normalized spacial score (nSPS) is 13.9. The monoisotopic (exact) mass is 222 g/mol. The maximum absolute atomic E-state index is 10.3. The van der Waals surface area contributed by atoms with Crippen LogP contribution in [0.4, 0.5) is 0 Å². The summed E-state index contributed by atoms with van der Waals surface area (Å²) in [6.07, 6.45) is 5.44. The fourth-order valence-electron chi connectivity index (χ4n) is 1.14. The number of unbranched alkanes of at least 4 members (excludes halogenated alkanes) is 1. The summed E-state index contributed by atoms with van der Waals surface area (Å²) < 4.78 is 33.3. The molecule has 0 rings (SSSR count). The lowest BCUT2D eigenvalue weighted by Crippen LogP contribution is -2.13. The van der Waals surface area contributed by atoms with E-state index >= 15 is 0 Å². The van der Waals surface area contributed by atoms with Crippen LogP contribution >= 0.6 is 0 Å². The molecule has 0 aromatic carbocycles. The van der Waals surface area contributed by atoms with E-state index in [1.54, 1.807) is 0 Å². The fourth-order valence-corrected chi connectivity index (χ4v) is 1.50. The van der Waals surface area contributed by atoms with E-state index in [-0.39, 0.29) is 12.5 Å². The highest BCUT2D eigenvalue weighted by Gasteiger charge is 2.11. The Morgan fingerprint density at radius 3 is 2.64 bits per heavy atom. The van der Waals surface area contributed by atoms with Crippen LogP contribution < -0.4 is 0 Å². The van der Waals surface area contributed by atoms with Gasteiger partial charge in [0.05, 0.1) is 6.61 Å². The summed E-state index contributed by atoms with van der Waals surface area (Å²) in [5, 5.41) is 0. The lowest BCUT2D eigenvalue weighted by molar-refractivity contribution is 0.211. The zero-order valence-corrected chi connectivity index (χ0v) is 9.29. The molecular formula is C9H18O4S. The Balaban J connectivity index is 3.74. The topological polar surface area (TPSA) is 63.6 Å². The highest BCUT2D eigenvalue weighted by molar-refractivity contribution is 7.80. The van der Waals surface area contributed by atoms with Gasteiger partial charge in [-0.15, -0.1) is 6.58 Å². The number of hydrogen-bond donors (Lipinski definition) is 1. The molecule has 84 valence electrons. The quantitative estimate of drug-likeness (QED) is 0.388. The van der Waals surface area contributed by atoms with Crippen LogP contribution in [-0.4, -0.2) is 19.6 Å². The van der Waals surface area contributed by atoms with E-state index in [1.165, 1.54) is 0 Å². The second kappa shape index (κ2) is 6.98. The Hall–Kier alpha value is -0.390. The summed E-state index contributed by atoms with van der Waals surface area (Å²) in [4.78, 5) is 0. The minimum atomic E-state index is -4.28. The molecule has 0 spiro atoms. The molecule has 0 aromatic heterocycles. The predicted molar refractivity (Wildman–Crippen MR) is 55.3 cm³/mol. The van der Waals surface area contributed by atoms with Crippen LogP contribution in [-0.2, 0) is 14.6 Å². The van der Waals surface area contributed by atoms with Crippen molar-refractivity contribution in [2.45, 2.75) is 32.6 Å². The second-order valence-electron chi connectivity index (χ2n) is 3.21. The van der Waals surface area contributed by atoms with Crippen molar-refractivity contribution in [2.75, 3.05) is 6.61 Å². The van der Waals surface area contributed by atoms with Crippen molar-refractivity contribution in [3.05, 3.63) is 12.7 Å². The van der Waals surface area contributed by atoms with Gasteiger partial charge in [-0.3, -0.25) is 4.55 Å². The van der Waals surface area contributed by atoms with Crippen molar-refractivity contribution in [1.82, 2.24) is 0 Å². The van der Waals surface area contributed by atoms with Gasteiger partial charge in [0, 0.05) is 0 Å². The van der Waals surface area contributed by atoms with Gasteiger partial charge in [0.25, 0.3) is 0 Å². The first-order valence-corrected chi connectivity index (χ1v) is 6.08. The molecule has 0 aliphatic carbocycles. The average molecular weight is 222 g/mol. The molecule has 0 amide bonds. The smallest absolute Gasteiger partial charge is 0.264 e. The molecule has 0 fully saturated rings. The van der Waals surface area contributed by atoms with Gasteiger partial charge in [0.2, 0.25) is 0 Å². The van der Waals surface area contributed by atoms with Gasteiger partial charge in [0.1, 0.15) is 0 Å². The molecule has 1 atom stereocenters. The van der Waals surface area contributed by atoms with E-state index < -0.39 is 10.4 Å². The minimum absolute atomic E-state index is 0.0620. The highest BCUT2D eigenvalue weighted by Crippen LogP contribution is 2.13. The van der Waals surface area contributed by atoms with Crippen molar-refractivity contribution in [3.8, 4) is 0 Å². The Bertz CT molecular complexity index is 246. The largest absolute Gasteiger partial charge is 0.397 e. The first kappa shape index (κ1) is 13.6. The molecule has 5 heteroatoms. The fraction of sp³-hybridized carbons (Fsp3) is 0.778. The first-order chi connectivity index (χ1) is 6.49. The lowest BCUT2D eigenvalue weighted by atomic mass is 10.0. The van der Waals surface area contributed by atoms with Gasteiger partial charge in [-0.05, 0) is 25.2 Å². The molecule has 0 aliphatic rings. The molecule has 0 aliphatic heterocycles. The van der Waals surface area contributed by atoms with Gasteiger partial charge in [-0.25, -0.2) is 4.18 Å². The minimum Gasteiger partial charge on any atom is -0.264 e. The molecule has 1 N–H and O–H groups in total. The summed E-state index contributed by atoms with van der Waals surface area (Å²) in [5.74, 6) is 0.178. The van der Waals surface area contributed by atoms with E-state index in [9.17, 15) is 8.42 Å². The Morgan fingerprint density at radius 1 is 1.57 bits per heavy atom. The number of allylic oxidation sites excluding steroid dienone is 1. The lowest BCUT2D eigenvalue weighted by Gasteiger charge is -2.12. The molecule has 0 bridgehead atoms. The van der Waals surface area contributed by atoms with Crippen molar-refractivity contribution in [1.29, 1.82) is 0 Å². The molecule has 0 saturated carbocycles. The Morgan fingerprint density at radius 2 is 2.21 bits per heavy atom. The molecule has 14 heavy (non-hydrogen) atoms.